The van der Waals surface area contributed by atoms with Crippen LogP contribution in [0.25, 0.3) is 0 Å². The summed E-state index contributed by atoms with van der Waals surface area (Å²) in [7, 11) is 1.45. The lowest BCUT2D eigenvalue weighted by Gasteiger charge is -2.22. The van der Waals surface area contributed by atoms with Gasteiger partial charge in [-0.2, -0.15) is 0 Å². The molecule has 1 atom stereocenters. The SMILES string of the molecule is COc1ccc(CN2C(=O)NC(=O)[C@H]2CCC(=O)OCc2ccccc2)cc1C(=O)NCc1ccc(Oc2ccc(F)cc2)cc1. The number of imide groups is 1. The molecule has 0 aromatic heterocycles. The molecule has 4 aromatic carbocycles. The predicted molar refractivity (Wildman–Crippen MR) is 165 cm³/mol. The Morgan fingerprint density at radius 3 is 2.24 bits per heavy atom. The van der Waals surface area contributed by atoms with Gasteiger partial charge in [0.1, 0.15) is 35.7 Å². The van der Waals surface area contributed by atoms with Gasteiger partial charge in [-0.05, 0) is 71.6 Å². The summed E-state index contributed by atoms with van der Waals surface area (Å²) in [6.45, 7) is 0.364. The second-order valence-electron chi connectivity index (χ2n) is 10.5. The molecular formula is C35H32FN3O7. The number of carbonyl (C=O) groups excluding carboxylic acids is 4. The summed E-state index contributed by atoms with van der Waals surface area (Å²) < 4.78 is 29.6. The molecule has 0 radical (unpaired) electrons. The van der Waals surface area contributed by atoms with Gasteiger partial charge >= 0.3 is 12.0 Å². The zero-order chi connectivity index (χ0) is 32.5. The molecule has 236 valence electrons. The van der Waals surface area contributed by atoms with E-state index in [0.717, 1.165) is 11.1 Å². The highest BCUT2D eigenvalue weighted by Gasteiger charge is 2.38. The van der Waals surface area contributed by atoms with E-state index >= 15 is 0 Å². The number of esters is 1. The monoisotopic (exact) mass is 625 g/mol. The number of rotatable bonds is 13. The summed E-state index contributed by atoms with van der Waals surface area (Å²) in [6, 6.07) is 25.5. The van der Waals surface area contributed by atoms with E-state index < -0.39 is 29.9 Å². The normalized spacial score (nSPS) is 14.0. The van der Waals surface area contributed by atoms with Crippen molar-refractivity contribution < 1.29 is 37.8 Å². The minimum atomic E-state index is -0.869. The first kappa shape index (κ1) is 31.7. The average molecular weight is 626 g/mol. The maximum absolute atomic E-state index is 13.2. The number of benzene rings is 4. The highest BCUT2D eigenvalue weighted by Crippen LogP contribution is 2.25. The van der Waals surface area contributed by atoms with E-state index in [1.54, 1.807) is 42.5 Å². The third kappa shape index (κ3) is 8.26. The fourth-order valence-corrected chi connectivity index (χ4v) is 4.90. The fourth-order valence-electron chi connectivity index (χ4n) is 4.90. The molecule has 0 bridgehead atoms. The number of hydrogen-bond acceptors (Lipinski definition) is 7. The van der Waals surface area contributed by atoms with Crippen LogP contribution in [0, 0.1) is 5.82 Å². The molecule has 4 amide bonds. The van der Waals surface area contributed by atoms with Gasteiger partial charge in [0.2, 0.25) is 0 Å². The predicted octanol–water partition coefficient (Wildman–Crippen LogP) is 5.50. The molecule has 1 heterocycles. The number of nitrogens with zero attached hydrogens (tertiary/aromatic N) is 1. The van der Waals surface area contributed by atoms with Gasteiger partial charge in [0.05, 0.1) is 12.7 Å². The molecule has 1 aliphatic heterocycles. The van der Waals surface area contributed by atoms with Crippen molar-refractivity contribution in [3.8, 4) is 17.2 Å². The van der Waals surface area contributed by atoms with Crippen LogP contribution in [0.4, 0.5) is 9.18 Å². The molecule has 0 unspecified atom stereocenters. The maximum Gasteiger partial charge on any atom is 0.325 e. The van der Waals surface area contributed by atoms with Crippen molar-refractivity contribution in [2.75, 3.05) is 7.11 Å². The number of hydrogen-bond donors (Lipinski definition) is 2. The Morgan fingerprint density at radius 1 is 0.870 bits per heavy atom. The second kappa shape index (κ2) is 14.8. The first-order valence-electron chi connectivity index (χ1n) is 14.6. The van der Waals surface area contributed by atoms with Gasteiger partial charge in [-0.25, -0.2) is 9.18 Å². The number of methoxy groups -OCH3 is 1. The van der Waals surface area contributed by atoms with Crippen LogP contribution in [0.2, 0.25) is 0 Å². The molecule has 0 spiro atoms. The average Bonchev–Trinajstić information content (AvgIpc) is 3.34. The van der Waals surface area contributed by atoms with E-state index in [4.69, 9.17) is 14.2 Å². The Kier molecular flexibility index (Phi) is 10.2. The van der Waals surface area contributed by atoms with Crippen molar-refractivity contribution in [3.05, 3.63) is 125 Å². The van der Waals surface area contributed by atoms with E-state index in [-0.39, 0.29) is 43.9 Å². The molecule has 5 rings (SSSR count). The molecule has 1 aliphatic rings. The van der Waals surface area contributed by atoms with Crippen LogP contribution in [0.15, 0.2) is 97.1 Å². The first-order valence-corrected chi connectivity index (χ1v) is 14.6. The van der Waals surface area contributed by atoms with Crippen LogP contribution >= 0.6 is 0 Å². The Labute approximate surface area is 265 Å². The smallest absolute Gasteiger partial charge is 0.325 e. The van der Waals surface area contributed by atoms with Gasteiger partial charge in [0.15, 0.2) is 0 Å². The van der Waals surface area contributed by atoms with Crippen molar-refractivity contribution in [2.45, 2.75) is 38.6 Å². The number of halogens is 1. The number of amides is 4. The lowest BCUT2D eigenvalue weighted by Crippen LogP contribution is -2.35. The van der Waals surface area contributed by atoms with Crippen molar-refractivity contribution >= 4 is 23.8 Å². The van der Waals surface area contributed by atoms with E-state index in [1.165, 1.54) is 36.3 Å². The third-order valence-corrected chi connectivity index (χ3v) is 7.32. The van der Waals surface area contributed by atoms with Crippen LogP contribution in [-0.4, -0.2) is 41.9 Å². The molecule has 1 saturated heterocycles. The molecule has 2 N–H and O–H groups in total. The van der Waals surface area contributed by atoms with Crippen LogP contribution < -0.4 is 20.1 Å². The van der Waals surface area contributed by atoms with Gasteiger partial charge in [0, 0.05) is 19.5 Å². The molecule has 11 heteroatoms. The van der Waals surface area contributed by atoms with E-state index in [9.17, 15) is 23.6 Å². The van der Waals surface area contributed by atoms with Gasteiger partial charge in [-0.15, -0.1) is 0 Å². The van der Waals surface area contributed by atoms with Crippen molar-refractivity contribution in [1.82, 2.24) is 15.5 Å². The third-order valence-electron chi connectivity index (χ3n) is 7.32. The Hall–Kier alpha value is -5.71. The van der Waals surface area contributed by atoms with E-state index in [2.05, 4.69) is 10.6 Å². The zero-order valence-electron chi connectivity index (χ0n) is 25.0. The number of urea groups is 1. The number of carbonyl (C=O) groups is 4. The topological polar surface area (TPSA) is 123 Å². The maximum atomic E-state index is 13.2. The lowest BCUT2D eigenvalue weighted by atomic mass is 10.1. The van der Waals surface area contributed by atoms with Crippen LogP contribution in [0.5, 0.6) is 17.2 Å². The largest absolute Gasteiger partial charge is 0.496 e. The quantitative estimate of drug-likeness (QED) is 0.149. The molecule has 4 aromatic rings. The summed E-state index contributed by atoms with van der Waals surface area (Å²) in [4.78, 5) is 52.1. The lowest BCUT2D eigenvalue weighted by molar-refractivity contribution is -0.145. The summed E-state index contributed by atoms with van der Waals surface area (Å²) in [5, 5.41) is 5.17. The highest BCUT2D eigenvalue weighted by atomic mass is 19.1. The number of ether oxygens (including phenoxy) is 3. The van der Waals surface area contributed by atoms with Crippen LogP contribution in [0.3, 0.4) is 0 Å². The Morgan fingerprint density at radius 2 is 1.54 bits per heavy atom. The summed E-state index contributed by atoms with van der Waals surface area (Å²) >= 11 is 0. The van der Waals surface area contributed by atoms with Crippen LogP contribution in [-0.2, 0) is 34.0 Å². The Balaban J connectivity index is 1.18. The van der Waals surface area contributed by atoms with E-state index in [0.29, 0.717) is 22.8 Å². The molecular weight excluding hydrogens is 593 g/mol. The van der Waals surface area contributed by atoms with E-state index in [1.807, 2.05) is 30.3 Å². The molecule has 0 aliphatic carbocycles. The van der Waals surface area contributed by atoms with Gasteiger partial charge in [-0.1, -0.05) is 48.5 Å². The summed E-state index contributed by atoms with van der Waals surface area (Å²) in [5.41, 5.74) is 2.50. The van der Waals surface area contributed by atoms with Gasteiger partial charge in [0.25, 0.3) is 11.8 Å². The van der Waals surface area contributed by atoms with Crippen molar-refractivity contribution in [2.24, 2.45) is 0 Å². The second-order valence-corrected chi connectivity index (χ2v) is 10.5. The summed E-state index contributed by atoms with van der Waals surface area (Å²) in [6.07, 6.45) is 0.0345. The fraction of sp³-hybridized carbons (Fsp3) is 0.200. The number of nitrogens with one attached hydrogen (secondary N) is 2. The molecule has 46 heavy (non-hydrogen) atoms. The molecule has 0 saturated carbocycles. The summed E-state index contributed by atoms with van der Waals surface area (Å²) in [5.74, 6) is -0.332. The Bertz CT molecular complexity index is 1700. The van der Waals surface area contributed by atoms with Gasteiger partial charge in [-0.3, -0.25) is 19.7 Å². The van der Waals surface area contributed by atoms with Gasteiger partial charge < -0.3 is 24.4 Å². The standard InChI is InChI=1S/C35H32FN3O7/c1-44-31-17-9-25(21-39-30(34(42)38-35(39)43)16-18-32(40)45-22-24-5-3-2-4-6-24)19-29(31)33(41)37-20-23-7-12-27(13-8-23)46-28-14-10-26(36)11-15-28/h2-15,17,19,30H,16,18,20-22H2,1H3,(H,37,41)(H,38,42,43)/t30-/m1/s1. The van der Waals surface area contributed by atoms with Crippen LogP contribution in [0.1, 0.15) is 39.9 Å². The zero-order valence-corrected chi connectivity index (χ0v) is 25.0. The van der Waals surface area contributed by atoms with Crippen molar-refractivity contribution in [1.29, 1.82) is 0 Å². The van der Waals surface area contributed by atoms with Crippen molar-refractivity contribution in [3.63, 3.8) is 0 Å². The minimum Gasteiger partial charge on any atom is -0.496 e. The molecule has 10 nitrogen and oxygen atoms in total. The minimum absolute atomic E-state index is 0.0289. The highest BCUT2D eigenvalue weighted by molar-refractivity contribution is 6.04. The first-order chi connectivity index (χ1) is 22.3. The molecule has 1 fully saturated rings.